The van der Waals surface area contributed by atoms with Gasteiger partial charge in [0.1, 0.15) is 11.6 Å². The van der Waals surface area contributed by atoms with E-state index in [0.29, 0.717) is 19.0 Å². The van der Waals surface area contributed by atoms with Crippen LogP contribution in [0.5, 0.6) is 5.75 Å². The molecule has 1 heterocycles. The molecule has 0 bridgehead atoms. The third-order valence-electron chi connectivity index (χ3n) is 5.16. The molecular formula is C20H27FN2O4. The molecule has 2 amide bonds. The highest BCUT2D eigenvalue weighted by Crippen LogP contribution is 2.21. The quantitative estimate of drug-likeness (QED) is 0.796. The third kappa shape index (κ3) is 6.20. The van der Waals surface area contributed by atoms with Gasteiger partial charge < -0.3 is 20.1 Å². The minimum absolute atomic E-state index is 0.0306. The Hall–Kier alpha value is -2.15. The van der Waals surface area contributed by atoms with E-state index in [1.807, 2.05) is 0 Å². The van der Waals surface area contributed by atoms with Gasteiger partial charge in [0, 0.05) is 31.2 Å². The maximum absolute atomic E-state index is 12.9. The SMILES string of the molecule is O=C(COc1ccc(F)cc1)N[C@@H]1CCC[C@@H](NC(=O)C2CCOCC2)C1. The molecule has 1 aromatic carbocycles. The molecule has 1 aliphatic carbocycles. The van der Waals surface area contributed by atoms with Crippen molar-refractivity contribution in [2.24, 2.45) is 5.92 Å². The smallest absolute Gasteiger partial charge is 0.258 e. The van der Waals surface area contributed by atoms with Crippen molar-refractivity contribution in [2.45, 2.75) is 50.6 Å². The molecule has 0 unspecified atom stereocenters. The minimum atomic E-state index is -0.345. The summed E-state index contributed by atoms with van der Waals surface area (Å²) in [5.74, 6) is 0.0492. The van der Waals surface area contributed by atoms with Crippen LogP contribution in [0.4, 0.5) is 4.39 Å². The number of carbonyl (C=O) groups is 2. The molecule has 2 N–H and O–H groups in total. The first-order valence-electron chi connectivity index (χ1n) is 9.66. The number of amides is 2. The molecule has 7 heteroatoms. The summed E-state index contributed by atoms with van der Waals surface area (Å²) in [7, 11) is 0. The van der Waals surface area contributed by atoms with Crippen molar-refractivity contribution in [1.29, 1.82) is 0 Å². The zero-order valence-corrected chi connectivity index (χ0v) is 15.4. The molecule has 0 radical (unpaired) electrons. The number of hydrogen-bond donors (Lipinski definition) is 2. The third-order valence-corrected chi connectivity index (χ3v) is 5.16. The van der Waals surface area contributed by atoms with Crippen LogP contribution in [0.1, 0.15) is 38.5 Å². The number of ether oxygens (including phenoxy) is 2. The Morgan fingerprint density at radius 1 is 1.04 bits per heavy atom. The molecule has 148 valence electrons. The van der Waals surface area contributed by atoms with Crippen LogP contribution in [0, 0.1) is 11.7 Å². The van der Waals surface area contributed by atoms with E-state index in [2.05, 4.69) is 10.6 Å². The number of benzene rings is 1. The second-order valence-electron chi connectivity index (χ2n) is 7.27. The molecule has 0 spiro atoms. The van der Waals surface area contributed by atoms with Gasteiger partial charge in [-0.15, -0.1) is 0 Å². The van der Waals surface area contributed by atoms with Crippen molar-refractivity contribution >= 4 is 11.8 Å². The first-order valence-corrected chi connectivity index (χ1v) is 9.66. The molecule has 2 aliphatic rings. The predicted molar refractivity (Wildman–Crippen MR) is 97.8 cm³/mol. The lowest BCUT2D eigenvalue weighted by Gasteiger charge is -2.32. The number of nitrogens with one attached hydrogen (secondary N) is 2. The summed E-state index contributed by atoms with van der Waals surface area (Å²) in [5.41, 5.74) is 0. The fraction of sp³-hybridized carbons (Fsp3) is 0.600. The fourth-order valence-electron chi connectivity index (χ4n) is 3.68. The first-order chi connectivity index (χ1) is 13.1. The zero-order chi connectivity index (χ0) is 19.1. The second-order valence-corrected chi connectivity index (χ2v) is 7.27. The van der Waals surface area contributed by atoms with Crippen LogP contribution >= 0.6 is 0 Å². The first kappa shape index (κ1) is 19.6. The summed E-state index contributed by atoms with van der Waals surface area (Å²) in [6.45, 7) is 1.19. The van der Waals surface area contributed by atoms with Crippen molar-refractivity contribution in [2.75, 3.05) is 19.8 Å². The normalized spacial score (nSPS) is 23.4. The van der Waals surface area contributed by atoms with Crippen molar-refractivity contribution in [1.82, 2.24) is 10.6 Å². The molecule has 0 aromatic heterocycles. The highest BCUT2D eigenvalue weighted by atomic mass is 19.1. The Morgan fingerprint density at radius 3 is 2.41 bits per heavy atom. The lowest BCUT2D eigenvalue weighted by atomic mass is 9.90. The van der Waals surface area contributed by atoms with Gasteiger partial charge in [-0.2, -0.15) is 0 Å². The Bertz CT molecular complexity index is 631. The van der Waals surface area contributed by atoms with Gasteiger partial charge >= 0.3 is 0 Å². The fourth-order valence-corrected chi connectivity index (χ4v) is 3.68. The number of carbonyl (C=O) groups excluding carboxylic acids is 2. The maximum Gasteiger partial charge on any atom is 0.258 e. The van der Waals surface area contributed by atoms with Crippen molar-refractivity contribution < 1.29 is 23.5 Å². The molecule has 1 aliphatic heterocycles. The topological polar surface area (TPSA) is 76.7 Å². The number of rotatable bonds is 6. The van der Waals surface area contributed by atoms with Crippen LogP contribution in [-0.2, 0) is 14.3 Å². The molecule has 1 saturated carbocycles. The van der Waals surface area contributed by atoms with Crippen molar-refractivity contribution in [3.63, 3.8) is 0 Å². The highest BCUT2D eigenvalue weighted by molar-refractivity contribution is 5.79. The van der Waals surface area contributed by atoms with E-state index in [1.54, 1.807) is 0 Å². The van der Waals surface area contributed by atoms with E-state index in [4.69, 9.17) is 9.47 Å². The van der Waals surface area contributed by atoms with Crippen LogP contribution in [0.2, 0.25) is 0 Å². The predicted octanol–water partition coefficient (Wildman–Crippen LogP) is 2.17. The maximum atomic E-state index is 12.9. The van der Waals surface area contributed by atoms with Gasteiger partial charge in [0.05, 0.1) is 0 Å². The van der Waals surface area contributed by atoms with Gasteiger partial charge in [-0.1, -0.05) is 0 Å². The summed E-state index contributed by atoms with van der Waals surface area (Å²) >= 11 is 0. The molecule has 27 heavy (non-hydrogen) atoms. The van der Waals surface area contributed by atoms with E-state index in [1.165, 1.54) is 24.3 Å². The summed E-state index contributed by atoms with van der Waals surface area (Å²) in [6.07, 6.45) is 5.08. The van der Waals surface area contributed by atoms with Crippen LogP contribution in [0.15, 0.2) is 24.3 Å². The molecule has 2 fully saturated rings. The Balaban J connectivity index is 1.40. The van der Waals surface area contributed by atoms with Crippen molar-refractivity contribution in [3.8, 4) is 5.75 Å². The van der Waals surface area contributed by atoms with Gasteiger partial charge in [0.2, 0.25) is 5.91 Å². The summed E-state index contributed by atoms with van der Waals surface area (Å²) < 4.78 is 23.5. The average Bonchev–Trinajstić information content (AvgIpc) is 2.68. The molecule has 6 nitrogen and oxygen atoms in total. The Morgan fingerprint density at radius 2 is 1.70 bits per heavy atom. The van der Waals surface area contributed by atoms with Crippen LogP contribution in [-0.4, -0.2) is 43.7 Å². The number of halogens is 1. The highest BCUT2D eigenvalue weighted by Gasteiger charge is 2.28. The lowest BCUT2D eigenvalue weighted by molar-refractivity contribution is -0.128. The number of hydrogen-bond acceptors (Lipinski definition) is 4. The average molecular weight is 378 g/mol. The van der Waals surface area contributed by atoms with Gasteiger partial charge in [-0.05, 0) is 62.8 Å². The van der Waals surface area contributed by atoms with E-state index >= 15 is 0 Å². The molecular weight excluding hydrogens is 351 g/mol. The molecule has 2 atom stereocenters. The summed E-state index contributed by atoms with van der Waals surface area (Å²) in [5, 5.41) is 6.12. The molecule has 3 rings (SSSR count). The van der Waals surface area contributed by atoms with Gasteiger partial charge in [0.25, 0.3) is 5.91 Å². The van der Waals surface area contributed by atoms with Crippen LogP contribution < -0.4 is 15.4 Å². The Labute approximate surface area is 158 Å². The van der Waals surface area contributed by atoms with E-state index in [0.717, 1.165) is 38.5 Å². The van der Waals surface area contributed by atoms with Gasteiger partial charge in [0.15, 0.2) is 6.61 Å². The monoisotopic (exact) mass is 378 g/mol. The lowest BCUT2D eigenvalue weighted by Crippen LogP contribution is -2.48. The van der Waals surface area contributed by atoms with E-state index in [-0.39, 0.29) is 42.2 Å². The van der Waals surface area contributed by atoms with Gasteiger partial charge in [-0.25, -0.2) is 4.39 Å². The van der Waals surface area contributed by atoms with Crippen molar-refractivity contribution in [3.05, 3.63) is 30.1 Å². The van der Waals surface area contributed by atoms with Gasteiger partial charge in [-0.3, -0.25) is 9.59 Å². The minimum Gasteiger partial charge on any atom is -0.484 e. The summed E-state index contributed by atoms with van der Waals surface area (Å²) in [4.78, 5) is 24.5. The molecule has 1 saturated heterocycles. The van der Waals surface area contributed by atoms with E-state index in [9.17, 15) is 14.0 Å². The standard InChI is InChI=1S/C20H27FN2O4/c21-15-4-6-18(7-5-15)27-13-19(24)22-16-2-1-3-17(12-16)23-20(25)14-8-10-26-11-9-14/h4-7,14,16-17H,1-3,8-13H2,(H,22,24)(H,23,25)/t16-,17-/m1/s1. The largest absolute Gasteiger partial charge is 0.484 e. The van der Waals surface area contributed by atoms with Crippen LogP contribution in [0.3, 0.4) is 0 Å². The molecule has 1 aromatic rings. The van der Waals surface area contributed by atoms with E-state index < -0.39 is 0 Å². The zero-order valence-electron chi connectivity index (χ0n) is 15.4. The van der Waals surface area contributed by atoms with Crippen LogP contribution in [0.25, 0.3) is 0 Å². The Kier molecular flexibility index (Phi) is 7.04. The summed E-state index contributed by atoms with van der Waals surface area (Å²) in [6, 6.07) is 5.69. The second kappa shape index (κ2) is 9.69.